The number of carbonyl (C=O) groups is 1. The molecule has 0 unspecified atom stereocenters. The molecule has 0 saturated carbocycles. The summed E-state index contributed by atoms with van der Waals surface area (Å²) in [7, 11) is 1.15. The topological polar surface area (TPSA) is 95.5 Å². The van der Waals surface area contributed by atoms with Crippen molar-refractivity contribution in [3.63, 3.8) is 0 Å². The third-order valence-corrected chi connectivity index (χ3v) is 1.62. The Balaban J connectivity index is 3.29. The Morgan fingerprint density at radius 2 is 2.21 bits per heavy atom. The molecule has 0 aliphatic carbocycles. The fourth-order valence-electron chi connectivity index (χ4n) is 0.986. The molecule has 1 aromatic rings. The fourth-order valence-corrected chi connectivity index (χ4v) is 0.986. The van der Waals surface area contributed by atoms with Gasteiger partial charge in [-0.05, 0) is 12.1 Å². The van der Waals surface area contributed by atoms with Gasteiger partial charge in [0, 0.05) is 11.8 Å². The van der Waals surface area contributed by atoms with E-state index in [-0.39, 0.29) is 16.9 Å². The molecule has 0 amide bonds. The molecule has 6 heteroatoms. The average Bonchev–Trinajstić information content (AvgIpc) is 2.16. The van der Waals surface area contributed by atoms with E-state index in [2.05, 4.69) is 4.74 Å². The summed E-state index contributed by atoms with van der Waals surface area (Å²) >= 11 is 0. The lowest BCUT2D eigenvalue weighted by Crippen LogP contribution is -2.06. The van der Waals surface area contributed by atoms with Gasteiger partial charge in [0.25, 0.3) is 5.69 Å². The van der Waals surface area contributed by atoms with E-state index in [1.807, 2.05) is 0 Å². The van der Waals surface area contributed by atoms with E-state index in [1.54, 1.807) is 0 Å². The molecule has 0 aliphatic rings. The third kappa shape index (κ3) is 1.79. The van der Waals surface area contributed by atoms with Crippen LogP contribution >= 0.6 is 0 Å². The van der Waals surface area contributed by atoms with Crippen LogP contribution in [0.25, 0.3) is 0 Å². The van der Waals surface area contributed by atoms with Crippen LogP contribution in [0.2, 0.25) is 0 Å². The second kappa shape index (κ2) is 3.73. The first-order valence-electron chi connectivity index (χ1n) is 3.68. The van der Waals surface area contributed by atoms with Crippen molar-refractivity contribution in [2.45, 2.75) is 0 Å². The third-order valence-electron chi connectivity index (χ3n) is 1.62. The molecule has 6 nitrogen and oxygen atoms in total. The van der Waals surface area contributed by atoms with Crippen LogP contribution in [0.5, 0.6) is 0 Å². The molecule has 1 rings (SSSR count). The van der Waals surface area contributed by atoms with E-state index in [9.17, 15) is 14.9 Å². The molecule has 0 heterocycles. The quantitative estimate of drug-likeness (QED) is 0.329. The van der Waals surface area contributed by atoms with Crippen LogP contribution < -0.4 is 5.73 Å². The van der Waals surface area contributed by atoms with Crippen LogP contribution in [0.3, 0.4) is 0 Å². The van der Waals surface area contributed by atoms with E-state index < -0.39 is 10.9 Å². The molecular weight excluding hydrogens is 188 g/mol. The summed E-state index contributed by atoms with van der Waals surface area (Å²) in [4.78, 5) is 21.0. The lowest BCUT2D eigenvalue weighted by Gasteiger charge is -2.01. The minimum Gasteiger partial charge on any atom is -0.465 e. The summed E-state index contributed by atoms with van der Waals surface area (Å²) in [6.07, 6.45) is 0. The van der Waals surface area contributed by atoms with E-state index in [4.69, 9.17) is 5.73 Å². The minimum atomic E-state index is -0.774. The first-order chi connectivity index (χ1) is 6.56. The number of rotatable bonds is 2. The van der Waals surface area contributed by atoms with E-state index in [0.717, 1.165) is 7.11 Å². The zero-order valence-corrected chi connectivity index (χ0v) is 7.39. The lowest BCUT2D eigenvalue weighted by molar-refractivity contribution is -0.385. The van der Waals surface area contributed by atoms with Crippen molar-refractivity contribution < 1.29 is 14.5 Å². The smallest absolute Gasteiger partial charge is 0.344 e. The number of benzene rings is 1. The summed E-state index contributed by atoms with van der Waals surface area (Å²) in [5.74, 6) is -0.774. The zero-order chi connectivity index (χ0) is 10.7. The normalized spacial score (nSPS) is 9.50. The average molecular weight is 196 g/mol. The molecular formula is C8H8N2O4. The van der Waals surface area contributed by atoms with Crippen molar-refractivity contribution in [2.24, 2.45) is 0 Å². The van der Waals surface area contributed by atoms with Crippen molar-refractivity contribution in [3.05, 3.63) is 33.9 Å². The summed E-state index contributed by atoms with van der Waals surface area (Å²) < 4.78 is 4.38. The Morgan fingerprint density at radius 1 is 1.57 bits per heavy atom. The van der Waals surface area contributed by atoms with Crippen molar-refractivity contribution in [1.82, 2.24) is 0 Å². The molecule has 0 fully saturated rings. The molecule has 0 saturated heterocycles. The van der Waals surface area contributed by atoms with Crippen molar-refractivity contribution in [1.29, 1.82) is 0 Å². The van der Waals surface area contributed by atoms with Crippen LogP contribution in [0.4, 0.5) is 11.4 Å². The molecule has 2 N–H and O–H groups in total. The molecule has 0 radical (unpaired) electrons. The standard InChI is InChI=1S/C8H8N2O4/c1-14-8(11)6-4-5(9)2-3-7(6)10(12)13/h2-4H,9H2,1H3. The molecule has 0 bridgehead atoms. The number of anilines is 1. The Bertz CT molecular complexity index is 389. The zero-order valence-electron chi connectivity index (χ0n) is 7.39. The van der Waals surface area contributed by atoms with Crippen LogP contribution in [-0.2, 0) is 4.74 Å². The van der Waals surface area contributed by atoms with Crippen LogP contribution in [0, 0.1) is 10.1 Å². The maximum atomic E-state index is 11.1. The fraction of sp³-hybridized carbons (Fsp3) is 0.125. The second-order valence-corrected chi connectivity index (χ2v) is 2.53. The number of ether oxygens (including phenoxy) is 1. The number of esters is 1. The van der Waals surface area contributed by atoms with Gasteiger partial charge in [-0.15, -0.1) is 0 Å². The first kappa shape index (κ1) is 9.97. The number of nitro groups is 1. The minimum absolute atomic E-state index is 0.141. The summed E-state index contributed by atoms with van der Waals surface area (Å²) in [6.45, 7) is 0. The van der Waals surface area contributed by atoms with Gasteiger partial charge in [-0.1, -0.05) is 0 Å². The van der Waals surface area contributed by atoms with E-state index in [0.29, 0.717) is 0 Å². The van der Waals surface area contributed by atoms with Crippen LogP contribution in [0.15, 0.2) is 18.2 Å². The number of nitrogen functional groups attached to an aromatic ring is 1. The highest BCUT2D eigenvalue weighted by Crippen LogP contribution is 2.21. The SMILES string of the molecule is COC(=O)c1cc(N)ccc1[N+](=O)[O-]. The number of nitro benzene ring substituents is 1. The number of carbonyl (C=O) groups excluding carboxylic acids is 1. The Morgan fingerprint density at radius 3 is 2.71 bits per heavy atom. The highest BCUT2D eigenvalue weighted by Gasteiger charge is 2.20. The van der Waals surface area contributed by atoms with E-state index in [1.165, 1.54) is 18.2 Å². The number of hydrogen-bond donors (Lipinski definition) is 1. The lowest BCUT2D eigenvalue weighted by atomic mass is 10.1. The number of methoxy groups -OCH3 is 1. The molecule has 0 aliphatic heterocycles. The van der Waals surface area contributed by atoms with Gasteiger partial charge >= 0.3 is 5.97 Å². The molecule has 0 spiro atoms. The van der Waals surface area contributed by atoms with E-state index >= 15 is 0 Å². The van der Waals surface area contributed by atoms with Crippen molar-refractivity contribution >= 4 is 17.3 Å². The molecule has 1 aromatic carbocycles. The van der Waals surface area contributed by atoms with Gasteiger partial charge in [-0.2, -0.15) is 0 Å². The predicted molar refractivity (Wildman–Crippen MR) is 48.8 cm³/mol. The summed E-state index contributed by atoms with van der Waals surface area (Å²) in [6, 6.07) is 3.73. The van der Waals surface area contributed by atoms with Gasteiger partial charge in [-0.3, -0.25) is 10.1 Å². The van der Waals surface area contributed by atoms with Gasteiger partial charge in [0.1, 0.15) is 5.56 Å². The summed E-state index contributed by atoms with van der Waals surface area (Å²) in [5, 5.41) is 10.5. The summed E-state index contributed by atoms with van der Waals surface area (Å²) in [5.41, 5.74) is 5.21. The van der Waals surface area contributed by atoms with Gasteiger partial charge < -0.3 is 10.5 Å². The highest BCUT2D eigenvalue weighted by atomic mass is 16.6. The number of nitrogens with zero attached hydrogens (tertiary/aromatic N) is 1. The van der Waals surface area contributed by atoms with Gasteiger partial charge in [0.2, 0.25) is 0 Å². The first-order valence-corrected chi connectivity index (χ1v) is 3.68. The van der Waals surface area contributed by atoms with Gasteiger partial charge in [-0.25, -0.2) is 4.79 Å². The van der Waals surface area contributed by atoms with Gasteiger partial charge in [0.05, 0.1) is 12.0 Å². The highest BCUT2D eigenvalue weighted by molar-refractivity contribution is 5.94. The maximum absolute atomic E-state index is 11.1. The predicted octanol–water partition coefficient (Wildman–Crippen LogP) is 0.964. The largest absolute Gasteiger partial charge is 0.465 e. The monoisotopic (exact) mass is 196 g/mol. The molecule has 0 aromatic heterocycles. The Labute approximate surface area is 79.4 Å². The Hall–Kier alpha value is -2.11. The van der Waals surface area contributed by atoms with Crippen LogP contribution in [-0.4, -0.2) is 18.0 Å². The number of nitrogens with two attached hydrogens (primary N) is 1. The number of hydrogen-bond acceptors (Lipinski definition) is 5. The molecule has 74 valence electrons. The van der Waals surface area contributed by atoms with Crippen LogP contribution in [0.1, 0.15) is 10.4 Å². The van der Waals surface area contributed by atoms with Crippen molar-refractivity contribution in [3.8, 4) is 0 Å². The van der Waals surface area contributed by atoms with Crippen molar-refractivity contribution in [2.75, 3.05) is 12.8 Å². The maximum Gasteiger partial charge on any atom is 0.344 e. The second-order valence-electron chi connectivity index (χ2n) is 2.53. The van der Waals surface area contributed by atoms with Gasteiger partial charge in [0.15, 0.2) is 0 Å². The molecule has 14 heavy (non-hydrogen) atoms. The molecule has 0 atom stereocenters. The Kier molecular flexibility index (Phi) is 2.66.